The number of nitrogens with zero attached hydrogens (tertiary/aromatic N) is 2. The summed E-state index contributed by atoms with van der Waals surface area (Å²) < 4.78 is 0. The summed E-state index contributed by atoms with van der Waals surface area (Å²) in [6.45, 7) is 2.85. The predicted octanol–water partition coefficient (Wildman–Crippen LogP) is 1.87. The van der Waals surface area contributed by atoms with Crippen molar-refractivity contribution in [3.63, 3.8) is 0 Å². The van der Waals surface area contributed by atoms with Crippen LogP contribution in [-0.4, -0.2) is 43.4 Å². The van der Waals surface area contributed by atoms with E-state index in [0.29, 0.717) is 35.8 Å². The zero-order valence-corrected chi connectivity index (χ0v) is 13.4. The number of anilines is 1. The molecule has 0 spiro atoms. The summed E-state index contributed by atoms with van der Waals surface area (Å²) in [6, 6.07) is 6.83. The van der Waals surface area contributed by atoms with Crippen LogP contribution < -0.4 is 10.6 Å². The van der Waals surface area contributed by atoms with Crippen molar-refractivity contribution in [2.24, 2.45) is 0 Å². The fourth-order valence-electron chi connectivity index (χ4n) is 1.87. The van der Waals surface area contributed by atoms with Crippen LogP contribution >= 0.6 is 11.6 Å². The molecule has 0 radical (unpaired) electrons. The molecule has 0 saturated heterocycles. The minimum atomic E-state index is -0.227. The highest BCUT2D eigenvalue weighted by molar-refractivity contribution is 6.33. The number of carbonyl (C=O) groups is 2. The number of hydrogen-bond acceptors (Lipinski definition) is 4. The maximum atomic E-state index is 12.1. The fraction of sp³-hybridized carbons (Fsp3) is 0.400. The van der Waals surface area contributed by atoms with Crippen LogP contribution in [0.25, 0.3) is 0 Å². The standard InChI is InChI=1S/C15H19ClN4O2/c1-3-20(8-4-7-17)14(21)10-19-13-9-11(15(22)18-2)5-6-12(13)16/h5-6,9,19H,3-4,8,10H2,1-2H3,(H,18,22). The second-order valence-electron chi connectivity index (χ2n) is 4.51. The van der Waals surface area contributed by atoms with Gasteiger partial charge < -0.3 is 15.5 Å². The highest BCUT2D eigenvalue weighted by atomic mass is 35.5. The highest BCUT2D eigenvalue weighted by Gasteiger charge is 2.12. The first-order chi connectivity index (χ1) is 10.5. The van der Waals surface area contributed by atoms with Gasteiger partial charge in [0.1, 0.15) is 0 Å². The normalized spacial score (nSPS) is 9.73. The lowest BCUT2D eigenvalue weighted by molar-refractivity contribution is -0.129. The van der Waals surface area contributed by atoms with Gasteiger partial charge in [0, 0.05) is 25.7 Å². The Bertz CT molecular complexity index is 583. The molecule has 1 aromatic carbocycles. The van der Waals surface area contributed by atoms with E-state index in [1.165, 1.54) is 0 Å². The first-order valence-electron chi connectivity index (χ1n) is 6.93. The van der Waals surface area contributed by atoms with Gasteiger partial charge in [0.25, 0.3) is 5.91 Å². The number of likely N-dealkylation sites (N-methyl/N-ethyl adjacent to an activating group) is 1. The molecule has 7 heteroatoms. The Kier molecular flexibility index (Phi) is 7.20. The number of nitrogens with one attached hydrogen (secondary N) is 2. The molecule has 0 saturated carbocycles. The number of rotatable bonds is 7. The third kappa shape index (κ3) is 4.93. The zero-order valence-electron chi connectivity index (χ0n) is 12.6. The number of halogens is 1. The van der Waals surface area contributed by atoms with Crippen LogP contribution in [0.5, 0.6) is 0 Å². The van der Waals surface area contributed by atoms with E-state index in [-0.39, 0.29) is 18.4 Å². The molecule has 0 aliphatic rings. The van der Waals surface area contributed by atoms with E-state index >= 15 is 0 Å². The Balaban J connectivity index is 2.72. The topological polar surface area (TPSA) is 85.2 Å². The number of benzene rings is 1. The molecule has 0 fully saturated rings. The van der Waals surface area contributed by atoms with Crippen LogP contribution in [0, 0.1) is 11.3 Å². The summed E-state index contributed by atoms with van der Waals surface area (Å²) in [6.07, 6.45) is 0.298. The van der Waals surface area contributed by atoms with Gasteiger partial charge in [-0.1, -0.05) is 11.6 Å². The number of hydrogen-bond donors (Lipinski definition) is 2. The molecule has 0 atom stereocenters. The lowest BCUT2D eigenvalue weighted by Gasteiger charge is -2.20. The van der Waals surface area contributed by atoms with Gasteiger partial charge in [0.2, 0.25) is 5.91 Å². The summed E-state index contributed by atoms with van der Waals surface area (Å²) in [5.41, 5.74) is 0.978. The van der Waals surface area contributed by atoms with Gasteiger partial charge in [-0.25, -0.2) is 0 Å². The molecule has 0 aliphatic heterocycles. The molecule has 6 nitrogen and oxygen atoms in total. The average molecular weight is 323 g/mol. The second-order valence-corrected chi connectivity index (χ2v) is 4.92. The van der Waals surface area contributed by atoms with E-state index < -0.39 is 0 Å². The number of nitriles is 1. The molecular formula is C15H19ClN4O2. The second kappa shape index (κ2) is 8.90. The molecule has 2 amide bonds. The summed E-state index contributed by atoms with van der Waals surface area (Å²) >= 11 is 6.06. The minimum Gasteiger partial charge on any atom is -0.375 e. The van der Waals surface area contributed by atoms with E-state index in [1.54, 1.807) is 30.1 Å². The average Bonchev–Trinajstić information content (AvgIpc) is 2.54. The van der Waals surface area contributed by atoms with E-state index in [4.69, 9.17) is 16.9 Å². The maximum absolute atomic E-state index is 12.1. The van der Waals surface area contributed by atoms with Gasteiger partial charge in [-0.2, -0.15) is 5.26 Å². The Morgan fingerprint density at radius 1 is 1.41 bits per heavy atom. The van der Waals surface area contributed by atoms with Gasteiger partial charge in [0.15, 0.2) is 0 Å². The fourth-order valence-corrected chi connectivity index (χ4v) is 2.06. The van der Waals surface area contributed by atoms with Gasteiger partial charge in [-0.15, -0.1) is 0 Å². The van der Waals surface area contributed by atoms with Crippen molar-refractivity contribution >= 4 is 29.1 Å². The van der Waals surface area contributed by atoms with Crippen LogP contribution in [0.1, 0.15) is 23.7 Å². The van der Waals surface area contributed by atoms with Crippen LogP contribution in [-0.2, 0) is 4.79 Å². The smallest absolute Gasteiger partial charge is 0.251 e. The van der Waals surface area contributed by atoms with E-state index in [9.17, 15) is 9.59 Å². The quantitative estimate of drug-likeness (QED) is 0.802. The Hall–Kier alpha value is -2.26. The lowest BCUT2D eigenvalue weighted by Crippen LogP contribution is -2.36. The maximum Gasteiger partial charge on any atom is 0.251 e. The zero-order chi connectivity index (χ0) is 16.5. The number of carbonyl (C=O) groups excluding carboxylic acids is 2. The molecule has 0 aromatic heterocycles. The predicted molar refractivity (Wildman–Crippen MR) is 85.8 cm³/mol. The first kappa shape index (κ1) is 17.8. The van der Waals surface area contributed by atoms with Crippen molar-refractivity contribution < 1.29 is 9.59 Å². The van der Waals surface area contributed by atoms with Crippen molar-refractivity contribution in [1.29, 1.82) is 5.26 Å². The van der Waals surface area contributed by atoms with Crippen LogP contribution in [0.3, 0.4) is 0 Å². The first-order valence-corrected chi connectivity index (χ1v) is 7.31. The molecule has 22 heavy (non-hydrogen) atoms. The molecule has 0 aliphatic carbocycles. The molecular weight excluding hydrogens is 304 g/mol. The van der Waals surface area contributed by atoms with Gasteiger partial charge in [0.05, 0.1) is 29.7 Å². The molecule has 118 valence electrons. The molecule has 1 aromatic rings. The highest BCUT2D eigenvalue weighted by Crippen LogP contribution is 2.22. The van der Waals surface area contributed by atoms with Crippen LogP contribution in [0.4, 0.5) is 5.69 Å². The van der Waals surface area contributed by atoms with Gasteiger partial charge >= 0.3 is 0 Å². The van der Waals surface area contributed by atoms with Crippen molar-refractivity contribution in [2.45, 2.75) is 13.3 Å². The summed E-state index contributed by atoms with van der Waals surface area (Å²) in [5, 5.41) is 14.5. The largest absolute Gasteiger partial charge is 0.375 e. The number of amides is 2. The summed E-state index contributed by atoms with van der Waals surface area (Å²) in [7, 11) is 1.54. The Labute approximate surface area is 135 Å². The third-order valence-corrected chi connectivity index (χ3v) is 3.44. The summed E-state index contributed by atoms with van der Waals surface area (Å²) in [4.78, 5) is 25.3. The van der Waals surface area contributed by atoms with Crippen molar-refractivity contribution in [3.8, 4) is 6.07 Å². The van der Waals surface area contributed by atoms with Crippen LogP contribution in [0.15, 0.2) is 18.2 Å². The molecule has 2 N–H and O–H groups in total. The van der Waals surface area contributed by atoms with E-state index in [0.717, 1.165) is 0 Å². The Morgan fingerprint density at radius 3 is 2.73 bits per heavy atom. The van der Waals surface area contributed by atoms with Gasteiger partial charge in [-0.3, -0.25) is 9.59 Å². The third-order valence-electron chi connectivity index (χ3n) is 3.11. The molecule has 0 unspecified atom stereocenters. The van der Waals surface area contributed by atoms with Crippen molar-refractivity contribution in [1.82, 2.24) is 10.2 Å². The van der Waals surface area contributed by atoms with Gasteiger partial charge in [-0.05, 0) is 25.1 Å². The summed E-state index contributed by atoms with van der Waals surface area (Å²) in [5.74, 6) is -0.352. The van der Waals surface area contributed by atoms with E-state index in [2.05, 4.69) is 10.6 Å². The Morgan fingerprint density at radius 2 is 2.14 bits per heavy atom. The van der Waals surface area contributed by atoms with E-state index in [1.807, 2.05) is 13.0 Å². The van der Waals surface area contributed by atoms with Crippen molar-refractivity contribution in [2.75, 3.05) is 32.0 Å². The molecule has 1 rings (SSSR count). The molecule has 0 bridgehead atoms. The lowest BCUT2D eigenvalue weighted by atomic mass is 10.2. The van der Waals surface area contributed by atoms with Crippen LogP contribution in [0.2, 0.25) is 5.02 Å². The van der Waals surface area contributed by atoms with Crippen molar-refractivity contribution in [3.05, 3.63) is 28.8 Å². The minimum absolute atomic E-state index is 0.0518. The monoisotopic (exact) mass is 322 g/mol. The SMILES string of the molecule is CCN(CCC#N)C(=O)CNc1cc(C(=O)NC)ccc1Cl. The molecule has 0 heterocycles.